The molecule has 1 heterocycles. The third-order valence-electron chi connectivity index (χ3n) is 3.88. The standard InChI is InChI=1S/C15H26N4/c1-11(2)9-10-13-17-14(19-15(16)18-13)12-7-5-3-4-6-8-12/h11-12H,3-10H2,1-2H3,(H2,16,17,18,19). The minimum Gasteiger partial charge on any atom is -0.368 e. The summed E-state index contributed by atoms with van der Waals surface area (Å²) in [5, 5.41) is 0. The summed E-state index contributed by atoms with van der Waals surface area (Å²) in [5.41, 5.74) is 5.85. The lowest BCUT2D eigenvalue weighted by atomic mass is 9.99. The van der Waals surface area contributed by atoms with Crippen molar-refractivity contribution in [1.29, 1.82) is 0 Å². The lowest BCUT2D eigenvalue weighted by molar-refractivity contribution is 0.541. The van der Waals surface area contributed by atoms with E-state index in [1.54, 1.807) is 0 Å². The molecule has 0 aromatic carbocycles. The van der Waals surface area contributed by atoms with Crippen LogP contribution in [0.4, 0.5) is 5.95 Å². The zero-order valence-corrected chi connectivity index (χ0v) is 12.2. The molecule has 1 aromatic heterocycles. The lowest BCUT2D eigenvalue weighted by Crippen LogP contribution is -2.11. The van der Waals surface area contributed by atoms with Crippen LogP contribution in [0.1, 0.15) is 76.4 Å². The molecule has 4 nitrogen and oxygen atoms in total. The fraction of sp³-hybridized carbons (Fsp3) is 0.800. The fourth-order valence-corrected chi connectivity index (χ4v) is 2.71. The van der Waals surface area contributed by atoms with E-state index < -0.39 is 0 Å². The number of aromatic nitrogens is 3. The van der Waals surface area contributed by atoms with E-state index in [-0.39, 0.29) is 0 Å². The second-order valence-electron chi connectivity index (χ2n) is 6.09. The Labute approximate surface area is 116 Å². The molecule has 1 saturated carbocycles. The van der Waals surface area contributed by atoms with Crippen LogP contribution in [0.25, 0.3) is 0 Å². The van der Waals surface area contributed by atoms with Crippen molar-refractivity contribution in [1.82, 2.24) is 15.0 Å². The third-order valence-corrected chi connectivity index (χ3v) is 3.88. The van der Waals surface area contributed by atoms with Gasteiger partial charge in [-0.3, -0.25) is 0 Å². The van der Waals surface area contributed by atoms with Crippen LogP contribution >= 0.6 is 0 Å². The summed E-state index contributed by atoms with van der Waals surface area (Å²) >= 11 is 0. The molecule has 2 rings (SSSR count). The fourth-order valence-electron chi connectivity index (χ4n) is 2.71. The highest BCUT2D eigenvalue weighted by Crippen LogP contribution is 2.29. The van der Waals surface area contributed by atoms with Crippen molar-refractivity contribution < 1.29 is 0 Å². The SMILES string of the molecule is CC(C)CCc1nc(N)nc(C2CCCCCC2)n1. The summed E-state index contributed by atoms with van der Waals surface area (Å²) in [6.07, 6.45) is 9.68. The minimum absolute atomic E-state index is 0.396. The normalized spacial score (nSPS) is 17.6. The lowest BCUT2D eigenvalue weighted by Gasteiger charge is -2.14. The van der Waals surface area contributed by atoms with E-state index in [1.165, 1.54) is 38.5 Å². The molecular formula is C15H26N4. The summed E-state index contributed by atoms with van der Waals surface area (Å²) < 4.78 is 0. The molecule has 1 aliphatic rings. The van der Waals surface area contributed by atoms with Crippen molar-refractivity contribution in [2.75, 3.05) is 5.73 Å². The van der Waals surface area contributed by atoms with Crippen molar-refractivity contribution in [3.8, 4) is 0 Å². The second-order valence-corrected chi connectivity index (χ2v) is 6.09. The van der Waals surface area contributed by atoms with Crippen LogP contribution in [0.5, 0.6) is 0 Å². The Kier molecular flexibility index (Phi) is 5.11. The maximum absolute atomic E-state index is 5.85. The largest absolute Gasteiger partial charge is 0.368 e. The van der Waals surface area contributed by atoms with Crippen LogP contribution in [0.2, 0.25) is 0 Å². The first-order chi connectivity index (χ1) is 9.15. The first-order valence-corrected chi connectivity index (χ1v) is 7.65. The summed E-state index contributed by atoms with van der Waals surface area (Å²) in [6, 6.07) is 0. The molecule has 4 heteroatoms. The van der Waals surface area contributed by atoms with Crippen molar-refractivity contribution >= 4 is 5.95 Å². The highest BCUT2D eigenvalue weighted by Gasteiger charge is 2.18. The quantitative estimate of drug-likeness (QED) is 0.844. The van der Waals surface area contributed by atoms with Gasteiger partial charge in [-0.05, 0) is 25.2 Å². The van der Waals surface area contributed by atoms with E-state index in [9.17, 15) is 0 Å². The van der Waals surface area contributed by atoms with Gasteiger partial charge in [-0.1, -0.05) is 39.5 Å². The molecule has 0 atom stereocenters. The Morgan fingerprint density at radius 3 is 2.37 bits per heavy atom. The number of hydrogen-bond donors (Lipinski definition) is 1. The van der Waals surface area contributed by atoms with Gasteiger partial charge in [-0.25, -0.2) is 4.98 Å². The predicted molar refractivity (Wildman–Crippen MR) is 77.8 cm³/mol. The Hall–Kier alpha value is -1.19. The number of hydrogen-bond acceptors (Lipinski definition) is 4. The zero-order chi connectivity index (χ0) is 13.7. The smallest absolute Gasteiger partial charge is 0.223 e. The summed E-state index contributed by atoms with van der Waals surface area (Å²) in [6.45, 7) is 4.44. The molecule has 0 unspecified atom stereocenters. The van der Waals surface area contributed by atoms with E-state index >= 15 is 0 Å². The Balaban J connectivity index is 2.10. The molecule has 1 aromatic rings. The molecular weight excluding hydrogens is 236 g/mol. The molecule has 0 bridgehead atoms. The Morgan fingerprint density at radius 1 is 1.05 bits per heavy atom. The van der Waals surface area contributed by atoms with Gasteiger partial charge >= 0.3 is 0 Å². The van der Waals surface area contributed by atoms with Gasteiger partial charge in [0.05, 0.1) is 0 Å². The average molecular weight is 262 g/mol. The monoisotopic (exact) mass is 262 g/mol. The van der Waals surface area contributed by atoms with E-state index in [1.807, 2.05) is 0 Å². The molecule has 1 fully saturated rings. The van der Waals surface area contributed by atoms with E-state index in [0.717, 1.165) is 24.5 Å². The summed E-state index contributed by atoms with van der Waals surface area (Å²) in [5.74, 6) is 3.37. The van der Waals surface area contributed by atoms with Crippen LogP contribution in [0, 0.1) is 5.92 Å². The molecule has 0 aliphatic heterocycles. The molecule has 0 amide bonds. The van der Waals surface area contributed by atoms with Gasteiger partial charge in [-0.2, -0.15) is 9.97 Å². The van der Waals surface area contributed by atoms with Gasteiger partial charge in [0.2, 0.25) is 5.95 Å². The van der Waals surface area contributed by atoms with Gasteiger partial charge < -0.3 is 5.73 Å². The van der Waals surface area contributed by atoms with Gasteiger partial charge in [0, 0.05) is 12.3 Å². The van der Waals surface area contributed by atoms with Gasteiger partial charge in [0.1, 0.15) is 11.6 Å². The predicted octanol–water partition coefficient (Wildman–Crippen LogP) is 3.48. The second kappa shape index (κ2) is 6.83. The van der Waals surface area contributed by atoms with E-state index in [2.05, 4.69) is 28.8 Å². The van der Waals surface area contributed by atoms with Crippen LogP contribution in [-0.4, -0.2) is 15.0 Å². The van der Waals surface area contributed by atoms with Gasteiger partial charge in [-0.15, -0.1) is 0 Å². The van der Waals surface area contributed by atoms with Gasteiger partial charge in [0.25, 0.3) is 0 Å². The highest BCUT2D eigenvalue weighted by atomic mass is 15.1. The molecule has 0 spiro atoms. The molecule has 19 heavy (non-hydrogen) atoms. The maximum atomic E-state index is 5.85. The zero-order valence-electron chi connectivity index (χ0n) is 12.2. The van der Waals surface area contributed by atoms with Crippen molar-refractivity contribution in [3.63, 3.8) is 0 Å². The van der Waals surface area contributed by atoms with Crippen molar-refractivity contribution in [2.45, 2.75) is 71.1 Å². The van der Waals surface area contributed by atoms with Gasteiger partial charge in [0.15, 0.2) is 0 Å². The van der Waals surface area contributed by atoms with Crippen LogP contribution < -0.4 is 5.73 Å². The third kappa shape index (κ3) is 4.44. The number of nitrogens with zero attached hydrogens (tertiary/aromatic N) is 3. The number of nitrogens with two attached hydrogens (primary N) is 1. The van der Waals surface area contributed by atoms with E-state index in [0.29, 0.717) is 17.8 Å². The molecule has 0 radical (unpaired) electrons. The first-order valence-electron chi connectivity index (χ1n) is 7.65. The van der Waals surface area contributed by atoms with Crippen LogP contribution in [-0.2, 0) is 6.42 Å². The number of rotatable bonds is 4. The Bertz CT molecular complexity index is 395. The van der Waals surface area contributed by atoms with Crippen LogP contribution in [0.15, 0.2) is 0 Å². The average Bonchev–Trinajstić information content (AvgIpc) is 2.64. The first kappa shape index (κ1) is 14.2. The maximum Gasteiger partial charge on any atom is 0.223 e. The molecule has 1 aliphatic carbocycles. The number of anilines is 1. The molecule has 106 valence electrons. The highest BCUT2D eigenvalue weighted by molar-refractivity contribution is 5.17. The van der Waals surface area contributed by atoms with E-state index in [4.69, 9.17) is 5.73 Å². The topological polar surface area (TPSA) is 64.7 Å². The number of aryl methyl sites for hydroxylation is 1. The molecule has 0 saturated heterocycles. The van der Waals surface area contributed by atoms with Crippen LogP contribution in [0.3, 0.4) is 0 Å². The summed E-state index contributed by atoms with van der Waals surface area (Å²) in [4.78, 5) is 13.3. The number of nitrogen functional groups attached to an aromatic ring is 1. The minimum atomic E-state index is 0.396. The van der Waals surface area contributed by atoms with Crippen molar-refractivity contribution in [3.05, 3.63) is 11.6 Å². The molecule has 2 N–H and O–H groups in total. The van der Waals surface area contributed by atoms with Crippen molar-refractivity contribution in [2.24, 2.45) is 5.92 Å². The summed E-state index contributed by atoms with van der Waals surface area (Å²) in [7, 11) is 0. The Morgan fingerprint density at radius 2 is 1.74 bits per heavy atom.